The van der Waals surface area contributed by atoms with Gasteiger partial charge in [0, 0.05) is 54.5 Å². The molecule has 110 valence electrons. The van der Waals surface area contributed by atoms with Crippen LogP contribution in [0, 0.1) is 0 Å². The minimum Gasteiger partial charge on any atom is -0.367 e. The molecular weight excluding hydrogens is 330 g/mol. The lowest BCUT2D eigenvalue weighted by atomic mass is 10.2. The summed E-state index contributed by atoms with van der Waals surface area (Å²) in [6.07, 6.45) is 6.37. The Bertz CT molecular complexity index is 628. The summed E-state index contributed by atoms with van der Waals surface area (Å²) in [6, 6.07) is 4.36. The Morgan fingerprint density at radius 3 is 2.52 bits per heavy atom. The second-order valence-corrected chi connectivity index (χ2v) is 6.71. The van der Waals surface area contributed by atoms with Gasteiger partial charge in [-0.05, 0) is 34.8 Å². The summed E-state index contributed by atoms with van der Waals surface area (Å²) in [6.45, 7) is 4.01. The van der Waals surface area contributed by atoms with Crippen molar-refractivity contribution in [1.29, 1.82) is 0 Å². The number of halogens is 1. The zero-order valence-electron chi connectivity index (χ0n) is 11.8. The van der Waals surface area contributed by atoms with Crippen molar-refractivity contribution in [2.24, 2.45) is 0 Å². The van der Waals surface area contributed by atoms with E-state index in [-0.39, 0.29) is 0 Å². The van der Waals surface area contributed by atoms with E-state index in [9.17, 15) is 0 Å². The fourth-order valence-corrected chi connectivity index (χ4v) is 3.21. The number of aromatic nitrogens is 3. The number of rotatable bonds is 3. The van der Waals surface area contributed by atoms with E-state index in [1.807, 2.05) is 12.4 Å². The molecule has 6 heteroatoms. The molecule has 2 aromatic rings. The van der Waals surface area contributed by atoms with Gasteiger partial charge in [0.25, 0.3) is 0 Å². The summed E-state index contributed by atoms with van der Waals surface area (Å²) >= 11 is 3.49. The van der Waals surface area contributed by atoms with E-state index < -0.39 is 0 Å². The number of piperazine rings is 1. The third-order valence-electron chi connectivity index (χ3n) is 4.26. The first-order valence-corrected chi connectivity index (χ1v) is 8.24. The van der Waals surface area contributed by atoms with Gasteiger partial charge in [0.05, 0.1) is 11.9 Å². The molecule has 0 unspecified atom stereocenters. The Balaban J connectivity index is 1.41. The molecule has 21 heavy (non-hydrogen) atoms. The van der Waals surface area contributed by atoms with Gasteiger partial charge in [-0.2, -0.15) is 5.10 Å². The SMILES string of the molecule is Brc1cncc(N2CCN(c3cc(C4CC4)[nH]n3)CC2)c1. The summed E-state index contributed by atoms with van der Waals surface area (Å²) in [5.74, 6) is 1.84. The second-order valence-electron chi connectivity index (χ2n) is 5.79. The van der Waals surface area contributed by atoms with Crippen LogP contribution >= 0.6 is 15.9 Å². The van der Waals surface area contributed by atoms with Gasteiger partial charge in [-0.3, -0.25) is 10.1 Å². The maximum atomic E-state index is 4.48. The van der Waals surface area contributed by atoms with Gasteiger partial charge in [0.15, 0.2) is 5.82 Å². The van der Waals surface area contributed by atoms with Crippen molar-refractivity contribution in [1.82, 2.24) is 15.2 Å². The van der Waals surface area contributed by atoms with E-state index in [0.717, 1.165) is 42.4 Å². The Morgan fingerprint density at radius 2 is 1.81 bits per heavy atom. The summed E-state index contributed by atoms with van der Waals surface area (Å²) in [5.41, 5.74) is 2.49. The molecule has 2 fully saturated rings. The maximum Gasteiger partial charge on any atom is 0.150 e. The highest BCUT2D eigenvalue weighted by molar-refractivity contribution is 9.10. The van der Waals surface area contributed by atoms with Crippen molar-refractivity contribution < 1.29 is 0 Å². The summed E-state index contributed by atoms with van der Waals surface area (Å²) in [4.78, 5) is 8.99. The van der Waals surface area contributed by atoms with E-state index in [1.165, 1.54) is 24.2 Å². The first kappa shape index (κ1) is 13.1. The number of aromatic amines is 1. The predicted molar refractivity (Wildman–Crippen MR) is 86.9 cm³/mol. The molecule has 0 aromatic carbocycles. The van der Waals surface area contributed by atoms with E-state index in [4.69, 9.17) is 0 Å². The molecular formula is C15H18BrN5. The number of nitrogens with zero attached hydrogens (tertiary/aromatic N) is 4. The van der Waals surface area contributed by atoms with Gasteiger partial charge in [0.1, 0.15) is 0 Å². The lowest BCUT2D eigenvalue weighted by Crippen LogP contribution is -2.46. The van der Waals surface area contributed by atoms with Crippen LogP contribution < -0.4 is 9.80 Å². The highest BCUT2D eigenvalue weighted by Crippen LogP contribution is 2.39. The highest BCUT2D eigenvalue weighted by atomic mass is 79.9. The number of anilines is 2. The van der Waals surface area contributed by atoms with Crippen molar-refractivity contribution in [3.63, 3.8) is 0 Å². The van der Waals surface area contributed by atoms with Crippen molar-refractivity contribution in [3.05, 3.63) is 34.7 Å². The monoisotopic (exact) mass is 347 g/mol. The Labute approximate surface area is 132 Å². The van der Waals surface area contributed by atoms with E-state index in [2.05, 4.69) is 53.0 Å². The number of pyridine rings is 1. The van der Waals surface area contributed by atoms with Gasteiger partial charge < -0.3 is 9.80 Å². The molecule has 1 aliphatic carbocycles. The van der Waals surface area contributed by atoms with E-state index >= 15 is 0 Å². The van der Waals surface area contributed by atoms with Crippen LogP contribution in [0.1, 0.15) is 24.5 Å². The van der Waals surface area contributed by atoms with Crippen molar-refractivity contribution in [3.8, 4) is 0 Å². The van der Waals surface area contributed by atoms with Crippen molar-refractivity contribution in [2.45, 2.75) is 18.8 Å². The molecule has 0 atom stereocenters. The molecule has 2 aromatic heterocycles. The van der Waals surface area contributed by atoms with Crippen LogP contribution in [0.3, 0.4) is 0 Å². The largest absolute Gasteiger partial charge is 0.367 e. The van der Waals surface area contributed by atoms with E-state index in [1.54, 1.807) is 0 Å². The highest BCUT2D eigenvalue weighted by Gasteiger charge is 2.27. The summed E-state index contributed by atoms with van der Waals surface area (Å²) < 4.78 is 1.03. The lowest BCUT2D eigenvalue weighted by Gasteiger charge is -2.36. The average Bonchev–Trinajstić information content (AvgIpc) is 3.25. The molecule has 1 aliphatic heterocycles. The van der Waals surface area contributed by atoms with Crippen LogP contribution in [0.4, 0.5) is 11.5 Å². The molecule has 1 N–H and O–H groups in total. The Morgan fingerprint density at radius 1 is 1.05 bits per heavy atom. The van der Waals surface area contributed by atoms with Crippen LogP contribution in [0.25, 0.3) is 0 Å². The molecule has 0 spiro atoms. The van der Waals surface area contributed by atoms with Gasteiger partial charge >= 0.3 is 0 Å². The standard InChI is InChI=1S/C15H18BrN5/c16-12-7-13(10-17-9-12)20-3-5-21(6-4-20)15-8-14(18-19-15)11-1-2-11/h7-11H,1-6H2,(H,18,19). The number of hydrogen-bond donors (Lipinski definition) is 1. The maximum absolute atomic E-state index is 4.48. The van der Waals surface area contributed by atoms with Crippen LogP contribution in [-0.4, -0.2) is 41.4 Å². The molecule has 3 heterocycles. The first-order valence-electron chi connectivity index (χ1n) is 7.45. The van der Waals surface area contributed by atoms with Crippen molar-refractivity contribution >= 4 is 27.4 Å². The number of H-pyrrole nitrogens is 1. The Hall–Kier alpha value is -1.56. The zero-order chi connectivity index (χ0) is 14.2. The van der Waals surface area contributed by atoms with Crippen LogP contribution in [0.5, 0.6) is 0 Å². The van der Waals surface area contributed by atoms with Gasteiger partial charge in [-0.15, -0.1) is 0 Å². The van der Waals surface area contributed by atoms with E-state index in [0.29, 0.717) is 0 Å². The smallest absolute Gasteiger partial charge is 0.150 e. The fourth-order valence-electron chi connectivity index (χ4n) is 2.86. The molecule has 5 nitrogen and oxygen atoms in total. The number of hydrogen-bond acceptors (Lipinski definition) is 4. The molecule has 1 saturated carbocycles. The van der Waals surface area contributed by atoms with Gasteiger partial charge in [-0.25, -0.2) is 0 Å². The molecule has 0 radical (unpaired) electrons. The summed E-state index contributed by atoms with van der Waals surface area (Å²) in [7, 11) is 0. The third-order valence-corrected chi connectivity index (χ3v) is 4.69. The number of nitrogens with one attached hydrogen (secondary N) is 1. The minimum atomic E-state index is 0.736. The molecule has 2 aliphatic rings. The lowest BCUT2D eigenvalue weighted by molar-refractivity contribution is 0.645. The topological polar surface area (TPSA) is 48.1 Å². The van der Waals surface area contributed by atoms with Gasteiger partial charge in [-0.1, -0.05) is 0 Å². The fraction of sp³-hybridized carbons (Fsp3) is 0.467. The van der Waals surface area contributed by atoms with Crippen LogP contribution in [0.15, 0.2) is 29.0 Å². The molecule has 1 saturated heterocycles. The van der Waals surface area contributed by atoms with Crippen molar-refractivity contribution in [2.75, 3.05) is 36.0 Å². The normalized spacial score (nSPS) is 19.1. The average molecular weight is 348 g/mol. The van der Waals surface area contributed by atoms with Crippen LogP contribution in [0.2, 0.25) is 0 Å². The zero-order valence-corrected chi connectivity index (χ0v) is 13.4. The molecule has 4 rings (SSSR count). The molecule has 0 amide bonds. The van der Waals surface area contributed by atoms with Crippen LogP contribution in [-0.2, 0) is 0 Å². The second kappa shape index (κ2) is 5.33. The predicted octanol–water partition coefficient (Wildman–Crippen LogP) is 2.77. The molecule has 0 bridgehead atoms. The quantitative estimate of drug-likeness (QED) is 0.927. The minimum absolute atomic E-state index is 0.736. The third kappa shape index (κ3) is 2.77. The Kier molecular flexibility index (Phi) is 3.33. The summed E-state index contributed by atoms with van der Waals surface area (Å²) in [5, 5.41) is 7.67. The van der Waals surface area contributed by atoms with Gasteiger partial charge in [0.2, 0.25) is 0 Å². The first-order chi connectivity index (χ1) is 10.3.